The molecule has 26 heavy (non-hydrogen) atoms. The molecule has 1 aromatic heterocycles. The molecule has 4 rings (SSSR count). The Morgan fingerprint density at radius 2 is 1.85 bits per heavy atom. The molecule has 1 aromatic carbocycles. The molecule has 2 atom stereocenters. The third kappa shape index (κ3) is 3.78. The summed E-state index contributed by atoms with van der Waals surface area (Å²) in [4.78, 5) is 21.0. The summed E-state index contributed by atoms with van der Waals surface area (Å²) in [6, 6.07) is 10.9. The Hall–Kier alpha value is -2.27. The van der Waals surface area contributed by atoms with Gasteiger partial charge in [0.25, 0.3) is 0 Å². The van der Waals surface area contributed by atoms with E-state index in [1.807, 2.05) is 35.4 Å². The number of aryl methyl sites for hydroxylation is 1. The molecular formula is C21H24FN3O. The van der Waals surface area contributed by atoms with E-state index in [4.69, 9.17) is 0 Å². The highest BCUT2D eigenvalue weighted by atomic mass is 19.1. The molecule has 0 saturated carbocycles. The van der Waals surface area contributed by atoms with Gasteiger partial charge in [-0.25, -0.2) is 4.39 Å². The van der Waals surface area contributed by atoms with Crippen LogP contribution >= 0.6 is 0 Å². The maximum absolute atomic E-state index is 13.8. The zero-order valence-corrected chi connectivity index (χ0v) is 14.9. The van der Waals surface area contributed by atoms with Crippen molar-refractivity contribution >= 4 is 5.91 Å². The minimum absolute atomic E-state index is 0.128. The van der Waals surface area contributed by atoms with E-state index in [0.717, 1.165) is 43.7 Å². The number of rotatable bonds is 5. The Morgan fingerprint density at radius 1 is 1.08 bits per heavy atom. The van der Waals surface area contributed by atoms with E-state index in [2.05, 4.69) is 9.88 Å². The molecule has 1 amide bonds. The first-order valence-electron chi connectivity index (χ1n) is 9.31. The number of halogens is 1. The molecule has 5 heteroatoms. The van der Waals surface area contributed by atoms with Crippen molar-refractivity contribution in [2.24, 2.45) is 11.8 Å². The maximum atomic E-state index is 13.8. The zero-order chi connectivity index (χ0) is 17.9. The predicted octanol–water partition coefficient (Wildman–Crippen LogP) is 2.74. The molecule has 3 heterocycles. The fourth-order valence-corrected chi connectivity index (χ4v) is 4.25. The lowest BCUT2D eigenvalue weighted by Gasteiger charge is -2.22. The van der Waals surface area contributed by atoms with E-state index >= 15 is 0 Å². The van der Waals surface area contributed by atoms with Gasteiger partial charge in [-0.3, -0.25) is 14.7 Å². The number of pyridine rings is 1. The van der Waals surface area contributed by atoms with Crippen molar-refractivity contribution in [2.75, 3.05) is 26.2 Å². The van der Waals surface area contributed by atoms with Crippen LogP contribution in [0, 0.1) is 17.7 Å². The van der Waals surface area contributed by atoms with Crippen LogP contribution in [-0.2, 0) is 17.8 Å². The molecule has 0 spiro atoms. The highest BCUT2D eigenvalue weighted by Crippen LogP contribution is 2.32. The van der Waals surface area contributed by atoms with Gasteiger partial charge in [0.05, 0.1) is 0 Å². The molecule has 2 aromatic rings. The Kier molecular flexibility index (Phi) is 4.98. The summed E-state index contributed by atoms with van der Waals surface area (Å²) >= 11 is 0. The monoisotopic (exact) mass is 353 g/mol. The second-order valence-corrected chi connectivity index (χ2v) is 7.47. The van der Waals surface area contributed by atoms with Gasteiger partial charge >= 0.3 is 0 Å². The number of amides is 1. The Labute approximate surface area is 153 Å². The van der Waals surface area contributed by atoms with Crippen molar-refractivity contribution in [1.82, 2.24) is 14.8 Å². The normalized spacial score (nSPS) is 22.6. The van der Waals surface area contributed by atoms with Crippen LogP contribution in [0.4, 0.5) is 4.39 Å². The minimum atomic E-state index is -0.128. The van der Waals surface area contributed by atoms with E-state index in [-0.39, 0.29) is 11.7 Å². The fraction of sp³-hybridized carbons (Fsp3) is 0.429. The quantitative estimate of drug-likeness (QED) is 0.829. The molecule has 0 unspecified atom stereocenters. The van der Waals surface area contributed by atoms with Gasteiger partial charge in [-0.2, -0.15) is 0 Å². The van der Waals surface area contributed by atoms with E-state index < -0.39 is 0 Å². The molecule has 2 saturated heterocycles. The first-order valence-corrected chi connectivity index (χ1v) is 9.31. The van der Waals surface area contributed by atoms with Gasteiger partial charge in [-0.15, -0.1) is 0 Å². The van der Waals surface area contributed by atoms with E-state index in [9.17, 15) is 9.18 Å². The van der Waals surface area contributed by atoms with Crippen LogP contribution in [0.3, 0.4) is 0 Å². The van der Waals surface area contributed by atoms with E-state index in [1.165, 1.54) is 6.07 Å². The van der Waals surface area contributed by atoms with Crippen molar-refractivity contribution < 1.29 is 9.18 Å². The molecule has 2 aliphatic heterocycles. The van der Waals surface area contributed by atoms with Crippen LogP contribution in [0.2, 0.25) is 0 Å². The Bertz CT molecular complexity index is 753. The van der Waals surface area contributed by atoms with Gasteiger partial charge in [0.1, 0.15) is 5.82 Å². The number of aromatic nitrogens is 1. The van der Waals surface area contributed by atoms with Gasteiger partial charge in [0.15, 0.2) is 0 Å². The molecule has 0 aliphatic carbocycles. The SMILES string of the molecule is O=C(CCc1cccnc1)N1C[C@H]2CN(Cc3ccccc3F)C[C@H]2C1. The van der Waals surface area contributed by atoms with Crippen molar-refractivity contribution in [1.29, 1.82) is 0 Å². The summed E-state index contributed by atoms with van der Waals surface area (Å²) in [5.74, 6) is 1.15. The molecule has 136 valence electrons. The number of hydrogen-bond donors (Lipinski definition) is 0. The highest BCUT2D eigenvalue weighted by molar-refractivity contribution is 5.76. The maximum Gasteiger partial charge on any atom is 0.222 e. The number of likely N-dealkylation sites (tertiary alicyclic amines) is 2. The van der Waals surface area contributed by atoms with Crippen LogP contribution < -0.4 is 0 Å². The van der Waals surface area contributed by atoms with Crippen LogP contribution in [-0.4, -0.2) is 46.9 Å². The topological polar surface area (TPSA) is 36.4 Å². The first-order chi connectivity index (χ1) is 12.7. The van der Waals surface area contributed by atoms with Crippen LogP contribution in [0.5, 0.6) is 0 Å². The summed E-state index contributed by atoms with van der Waals surface area (Å²) in [5.41, 5.74) is 1.87. The van der Waals surface area contributed by atoms with Gasteiger partial charge in [-0.1, -0.05) is 24.3 Å². The van der Waals surface area contributed by atoms with Crippen LogP contribution in [0.15, 0.2) is 48.8 Å². The molecular weight excluding hydrogens is 329 g/mol. The Morgan fingerprint density at radius 3 is 2.54 bits per heavy atom. The minimum Gasteiger partial charge on any atom is -0.342 e. The standard InChI is InChI=1S/C21H24FN3O/c22-20-6-2-1-5-17(20)11-24-12-18-14-25(15-19(18)13-24)21(26)8-7-16-4-3-9-23-10-16/h1-6,9-10,18-19H,7-8,11-15H2/t18-,19+. The predicted molar refractivity (Wildman–Crippen MR) is 97.8 cm³/mol. The van der Waals surface area contributed by atoms with Crippen molar-refractivity contribution in [2.45, 2.75) is 19.4 Å². The third-order valence-electron chi connectivity index (χ3n) is 5.62. The lowest BCUT2D eigenvalue weighted by Crippen LogP contribution is -2.33. The van der Waals surface area contributed by atoms with Gasteiger partial charge in [0.2, 0.25) is 5.91 Å². The summed E-state index contributed by atoms with van der Waals surface area (Å²) in [7, 11) is 0. The molecule has 2 fully saturated rings. The molecule has 4 nitrogen and oxygen atoms in total. The first kappa shape index (κ1) is 17.2. The fourth-order valence-electron chi connectivity index (χ4n) is 4.25. The van der Waals surface area contributed by atoms with Gasteiger partial charge in [-0.05, 0) is 36.0 Å². The van der Waals surface area contributed by atoms with Gasteiger partial charge < -0.3 is 4.90 Å². The zero-order valence-electron chi connectivity index (χ0n) is 14.9. The van der Waals surface area contributed by atoms with Crippen molar-refractivity contribution in [3.05, 3.63) is 65.7 Å². The summed E-state index contributed by atoms with van der Waals surface area (Å²) in [6.07, 6.45) is 4.87. The second kappa shape index (κ2) is 7.54. The van der Waals surface area contributed by atoms with Crippen molar-refractivity contribution in [3.63, 3.8) is 0 Å². The Balaban J connectivity index is 1.27. The summed E-state index contributed by atoms with van der Waals surface area (Å²) < 4.78 is 13.8. The second-order valence-electron chi connectivity index (χ2n) is 7.47. The van der Waals surface area contributed by atoms with Crippen LogP contribution in [0.1, 0.15) is 17.5 Å². The third-order valence-corrected chi connectivity index (χ3v) is 5.62. The molecule has 0 radical (unpaired) electrons. The highest BCUT2D eigenvalue weighted by Gasteiger charge is 2.41. The number of carbonyl (C=O) groups is 1. The smallest absolute Gasteiger partial charge is 0.222 e. The summed E-state index contributed by atoms with van der Waals surface area (Å²) in [6.45, 7) is 4.24. The number of carbonyl (C=O) groups excluding carboxylic acids is 1. The number of nitrogens with zero attached hydrogens (tertiary/aromatic N) is 3. The average molecular weight is 353 g/mol. The van der Waals surface area contributed by atoms with Crippen LogP contribution in [0.25, 0.3) is 0 Å². The average Bonchev–Trinajstić information content (AvgIpc) is 3.21. The lowest BCUT2D eigenvalue weighted by molar-refractivity contribution is -0.130. The number of benzene rings is 1. The molecule has 0 N–H and O–H groups in total. The molecule has 2 aliphatic rings. The molecule has 0 bridgehead atoms. The largest absolute Gasteiger partial charge is 0.342 e. The number of fused-ring (bicyclic) bond motifs is 1. The van der Waals surface area contributed by atoms with Crippen molar-refractivity contribution in [3.8, 4) is 0 Å². The van der Waals surface area contributed by atoms with E-state index in [1.54, 1.807) is 12.3 Å². The lowest BCUT2D eigenvalue weighted by atomic mass is 10.0. The number of hydrogen-bond acceptors (Lipinski definition) is 3. The summed E-state index contributed by atoms with van der Waals surface area (Å²) in [5, 5.41) is 0. The van der Waals surface area contributed by atoms with E-state index in [0.29, 0.717) is 24.8 Å². The van der Waals surface area contributed by atoms with Gasteiger partial charge in [0, 0.05) is 57.1 Å².